The van der Waals surface area contributed by atoms with Gasteiger partial charge in [0.2, 0.25) is 0 Å². The second kappa shape index (κ2) is 6.80. The zero-order valence-electron chi connectivity index (χ0n) is 12.6. The van der Waals surface area contributed by atoms with Crippen LogP contribution in [0.1, 0.15) is 17.2 Å². The van der Waals surface area contributed by atoms with Gasteiger partial charge < -0.3 is 21.7 Å². The molecule has 2 aromatic rings. The van der Waals surface area contributed by atoms with Crippen LogP contribution < -0.4 is 21.7 Å². The lowest BCUT2D eigenvalue weighted by molar-refractivity contribution is 0.251. The van der Waals surface area contributed by atoms with E-state index < -0.39 is 11.8 Å². The summed E-state index contributed by atoms with van der Waals surface area (Å²) in [4.78, 5) is 12.0. The Bertz CT molecular complexity index is 809. The molecule has 2 amide bonds. The Labute approximate surface area is 143 Å². The van der Waals surface area contributed by atoms with Crippen LogP contribution in [-0.2, 0) is 0 Å². The number of hydrogen-bond donors (Lipinski definition) is 4. The lowest BCUT2D eigenvalue weighted by atomic mass is 10.0. The molecule has 1 aliphatic rings. The van der Waals surface area contributed by atoms with E-state index in [0.717, 1.165) is 22.9 Å². The molecule has 0 radical (unpaired) electrons. The molecule has 0 aromatic heterocycles. The van der Waals surface area contributed by atoms with Gasteiger partial charge in [-0.1, -0.05) is 35.9 Å². The van der Waals surface area contributed by atoms with E-state index in [4.69, 9.17) is 17.3 Å². The van der Waals surface area contributed by atoms with E-state index in [0.29, 0.717) is 12.2 Å². The van der Waals surface area contributed by atoms with Gasteiger partial charge in [0.25, 0.3) is 0 Å². The summed E-state index contributed by atoms with van der Waals surface area (Å²) in [5.74, 6) is -0.459. The zero-order chi connectivity index (χ0) is 17.1. The minimum Gasteiger partial charge on any atom is -0.403 e. The van der Waals surface area contributed by atoms with Crippen LogP contribution in [0.5, 0.6) is 0 Å². The number of anilines is 1. The SMILES string of the molecule is N/C=C1\NC(CNC(=O)Nc2ccc(F)cc2Cl)c2ccccc21. The van der Waals surface area contributed by atoms with E-state index in [1.807, 2.05) is 24.3 Å². The summed E-state index contributed by atoms with van der Waals surface area (Å²) in [5, 5.41) is 8.77. The minimum absolute atomic E-state index is 0.0783. The van der Waals surface area contributed by atoms with E-state index in [9.17, 15) is 9.18 Å². The number of amides is 2. The number of halogens is 2. The number of nitrogens with two attached hydrogens (primary N) is 1. The van der Waals surface area contributed by atoms with E-state index in [1.165, 1.54) is 18.3 Å². The monoisotopic (exact) mass is 346 g/mol. The molecule has 5 N–H and O–H groups in total. The first-order valence-electron chi connectivity index (χ1n) is 7.36. The van der Waals surface area contributed by atoms with Crippen molar-refractivity contribution in [1.29, 1.82) is 0 Å². The summed E-state index contributed by atoms with van der Waals surface area (Å²) in [7, 11) is 0. The largest absolute Gasteiger partial charge is 0.403 e. The molecular weight excluding hydrogens is 331 g/mol. The predicted octanol–water partition coefficient (Wildman–Crippen LogP) is 3.20. The van der Waals surface area contributed by atoms with Crippen LogP contribution >= 0.6 is 11.6 Å². The fourth-order valence-electron chi connectivity index (χ4n) is 2.64. The van der Waals surface area contributed by atoms with Crippen molar-refractivity contribution in [2.75, 3.05) is 11.9 Å². The maximum atomic E-state index is 13.0. The summed E-state index contributed by atoms with van der Waals surface area (Å²) in [6, 6.07) is 11.1. The normalized spacial score (nSPS) is 17.2. The fourth-order valence-corrected chi connectivity index (χ4v) is 2.85. The molecule has 1 unspecified atom stereocenters. The van der Waals surface area contributed by atoms with Crippen LogP contribution in [0.4, 0.5) is 14.9 Å². The third-order valence-electron chi connectivity index (χ3n) is 3.77. The molecule has 0 saturated carbocycles. The van der Waals surface area contributed by atoms with Gasteiger partial charge in [0, 0.05) is 18.3 Å². The average molecular weight is 347 g/mol. The third-order valence-corrected chi connectivity index (χ3v) is 4.08. The average Bonchev–Trinajstić information content (AvgIpc) is 2.94. The summed E-state index contributed by atoms with van der Waals surface area (Å²) >= 11 is 5.89. The molecule has 1 aliphatic heterocycles. The third kappa shape index (κ3) is 3.28. The number of rotatable bonds is 3. The number of nitrogens with one attached hydrogen (secondary N) is 3. The zero-order valence-corrected chi connectivity index (χ0v) is 13.4. The first-order valence-corrected chi connectivity index (χ1v) is 7.74. The highest BCUT2D eigenvalue weighted by Crippen LogP contribution is 2.31. The lowest BCUT2D eigenvalue weighted by Gasteiger charge is -2.15. The maximum absolute atomic E-state index is 13.0. The van der Waals surface area contributed by atoms with Crippen LogP contribution in [0, 0.1) is 5.82 Å². The van der Waals surface area contributed by atoms with Gasteiger partial charge in [-0.25, -0.2) is 9.18 Å². The molecule has 24 heavy (non-hydrogen) atoms. The molecule has 0 fully saturated rings. The number of carbonyl (C=O) groups is 1. The molecule has 0 spiro atoms. The van der Waals surface area contributed by atoms with Gasteiger partial charge in [0.05, 0.1) is 22.4 Å². The molecule has 1 atom stereocenters. The summed E-state index contributed by atoms with van der Waals surface area (Å²) in [6.07, 6.45) is 1.51. The Kier molecular flexibility index (Phi) is 4.57. The predicted molar refractivity (Wildman–Crippen MR) is 92.9 cm³/mol. The van der Waals surface area contributed by atoms with Gasteiger partial charge >= 0.3 is 6.03 Å². The van der Waals surface area contributed by atoms with Gasteiger partial charge in [-0.3, -0.25) is 0 Å². The minimum atomic E-state index is -0.459. The molecule has 5 nitrogen and oxygen atoms in total. The number of urea groups is 1. The Morgan fingerprint density at radius 3 is 2.88 bits per heavy atom. The van der Waals surface area contributed by atoms with Crippen molar-refractivity contribution in [2.45, 2.75) is 6.04 Å². The fraction of sp³-hybridized carbons (Fsp3) is 0.118. The van der Waals surface area contributed by atoms with Crippen molar-refractivity contribution < 1.29 is 9.18 Å². The molecule has 1 heterocycles. The Hall–Kier alpha value is -2.73. The second-order valence-corrected chi connectivity index (χ2v) is 5.73. The molecular formula is C17H16ClFN4O. The van der Waals surface area contributed by atoms with E-state index in [1.54, 1.807) is 0 Å². The van der Waals surface area contributed by atoms with Gasteiger partial charge in [-0.15, -0.1) is 0 Å². The number of fused-ring (bicyclic) bond motifs is 1. The smallest absolute Gasteiger partial charge is 0.319 e. The number of hydrogen-bond acceptors (Lipinski definition) is 3. The van der Waals surface area contributed by atoms with Crippen molar-refractivity contribution in [1.82, 2.24) is 10.6 Å². The van der Waals surface area contributed by atoms with Crippen LogP contribution in [0.25, 0.3) is 5.70 Å². The van der Waals surface area contributed by atoms with Crippen molar-refractivity contribution >= 4 is 29.0 Å². The molecule has 0 aliphatic carbocycles. The van der Waals surface area contributed by atoms with E-state index >= 15 is 0 Å². The van der Waals surface area contributed by atoms with Crippen molar-refractivity contribution in [3.8, 4) is 0 Å². The van der Waals surface area contributed by atoms with Crippen LogP contribution in [0.15, 0.2) is 48.7 Å². The van der Waals surface area contributed by atoms with Crippen molar-refractivity contribution in [2.24, 2.45) is 5.73 Å². The summed E-state index contributed by atoms with van der Waals surface area (Å²) in [5.41, 5.74) is 8.89. The highest BCUT2D eigenvalue weighted by atomic mass is 35.5. The number of benzene rings is 2. The maximum Gasteiger partial charge on any atom is 0.319 e. The van der Waals surface area contributed by atoms with Gasteiger partial charge in [0.1, 0.15) is 5.82 Å². The Balaban J connectivity index is 1.63. The molecule has 0 bridgehead atoms. The van der Waals surface area contributed by atoms with Crippen molar-refractivity contribution in [3.05, 3.63) is 70.6 Å². The van der Waals surface area contributed by atoms with Gasteiger partial charge in [0.15, 0.2) is 0 Å². The lowest BCUT2D eigenvalue weighted by Crippen LogP contribution is -2.35. The first-order chi connectivity index (χ1) is 11.6. The topological polar surface area (TPSA) is 79.2 Å². The first kappa shape index (κ1) is 16.1. The van der Waals surface area contributed by atoms with Crippen LogP contribution in [0.2, 0.25) is 5.02 Å². The molecule has 7 heteroatoms. The second-order valence-electron chi connectivity index (χ2n) is 5.32. The van der Waals surface area contributed by atoms with E-state index in [2.05, 4.69) is 16.0 Å². The van der Waals surface area contributed by atoms with Crippen LogP contribution in [-0.4, -0.2) is 12.6 Å². The molecule has 124 valence electrons. The Morgan fingerprint density at radius 2 is 2.12 bits per heavy atom. The standard InChI is InChI=1S/C17H16ClFN4O/c18-13-7-10(19)5-6-14(13)23-17(24)21-9-16-12-4-2-1-3-11(12)15(8-20)22-16/h1-8,16,22H,9,20H2,(H2,21,23,24)/b15-8-. The summed E-state index contributed by atoms with van der Waals surface area (Å²) < 4.78 is 13.0. The van der Waals surface area contributed by atoms with Crippen molar-refractivity contribution in [3.63, 3.8) is 0 Å². The highest BCUT2D eigenvalue weighted by molar-refractivity contribution is 6.33. The van der Waals surface area contributed by atoms with Crippen LogP contribution in [0.3, 0.4) is 0 Å². The highest BCUT2D eigenvalue weighted by Gasteiger charge is 2.25. The van der Waals surface area contributed by atoms with E-state index in [-0.39, 0.29) is 11.1 Å². The quantitative estimate of drug-likeness (QED) is 0.689. The molecule has 0 saturated heterocycles. The van der Waals surface area contributed by atoms with Gasteiger partial charge in [-0.05, 0) is 23.8 Å². The molecule has 2 aromatic carbocycles. The molecule has 3 rings (SSSR count). The number of carbonyl (C=O) groups excluding carboxylic acids is 1. The Morgan fingerprint density at radius 1 is 1.33 bits per heavy atom. The summed E-state index contributed by atoms with van der Waals surface area (Å²) in [6.45, 7) is 0.360. The van der Waals surface area contributed by atoms with Gasteiger partial charge in [-0.2, -0.15) is 0 Å².